The Labute approximate surface area is 287 Å². The van der Waals surface area contributed by atoms with Crippen LogP contribution in [-0.2, 0) is 19.7 Å². The maximum absolute atomic E-state index is 14.9. The third-order valence-electron chi connectivity index (χ3n) is 9.82. The van der Waals surface area contributed by atoms with Crippen LogP contribution in [0.1, 0.15) is 78.5 Å². The number of ketones is 1. The van der Waals surface area contributed by atoms with Gasteiger partial charge in [-0.2, -0.15) is 0 Å². The van der Waals surface area contributed by atoms with E-state index in [1.165, 1.54) is 19.1 Å². The van der Waals surface area contributed by atoms with Gasteiger partial charge in [-0.05, 0) is 72.9 Å². The Morgan fingerprint density at radius 3 is 2.12 bits per heavy atom. The van der Waals surface area contributed by atoms with Crippen LogP contribution in [0.4, 0.5) is 14.5 Å². The highest BCUT2D eigenvalue weighted by Gasteiger charge is 2.37. The number of carbonyl (C=O) groups excluding carboxylic acids is 3. The molecule has 50 heavy (non-hydrogen) atoms. The number of halogens is 2. The predicted molar refractivity (Wildman–Crippen MR) is 178 cm³/mol. The SMILES string of the molecule is CC(=O)c1ccc(Oc2ccc(C3(c4ccc(OC5CC(Nc6cc(F)c(C7CCC(=O)NC7=O)c(F)c6)C5)cc4)CCOCC3)cc2)nn1. The zero-order valence-electron chi connectivity index (χ0n) is 27.4. The van der Waals surface area contributed by atoms with E-state index < -0.39 is 29.4 Å². The molecule has 3 heterocycles. The molecule has 1 unspecified atom stereocenters. The number of anilines is 1. The van der Waals surface area contributed by atoms with Crippen LogP contribution in [0.2, 0.25) is 0 Å². The number of rotatable bonds is 10. The lowest BCUT2D eigenvalue weighted by Gasteiger charge is -2.39. The van der Waals surface area contributed by atoms with Gasteiger partial charge in [-0.3, -0.25) is 19.7 Å². The van der Waals surface area contributed by atoms with Crippen LogP contribution in [0.25, 0.3) is 0 Å². The fraction of sp³-hybridized carbons (Fsp3) is 0.342. The quantitative estimate of drug-likeness (QED) is 0.145. The summed E-state index contributed by atoms with van der Waals surface area (Å²) in [7, 11) is 0. The summed E-state index contributed by atoms with van der Waals surface area (Å²) >= 11 is 0. The van der Waals surface area contributed by atoms with Crippen molar-refractivity contribution in [1.82, 2.24) is 15.5 Å². The molecule has 0 radical (unpaired) electrons. The molecule has 3 aromatic carbocycles. The average Bonchev–Trinajstić information content (AvgIpc) is 3.09. The summed E-state index contributed by atoms with van der Waals surface area (Å²) in [5.41, 5.74) is 2.32. The second-order valence-corrected chi connectivity index (χ2v) is 13.1. The van der Waals surface area contributed by atoms with Gasteiger partial charge in [-0.15, -0.1) is 10.2 Å². The Morgan fingerprint density at radius 1 is 0.900 bits per heavy atom. The molecule has 0 spiro atoms. The lowest BCUT2D eigenvalue weighted by Crippen LogP contribution is -2.42. The smallest absolute Gasteiger partial charge is 0.238 e. The van der Waals surface area contributed by atoms with Crippen molar-refractivity contribution in [2.24, 2.45) is 0 Å². The fourth-order valence-corrected chi connectivity index (χ4v) is 7.02. The Bertz CT molecular complexity index is 1870. The summed E-state index contributed by atoms with van der Waals surface area (Å²) in [5, 5.41) is 13.2. The molecule has 2 aliphatic heterocycles. The van der Waals surface area contributed by atoms with Crippen molar-refractivity contribution in [3.05, 3.63) is 107 Å². The molecule has 2 N–H and O–H groups in total. The summed E-state index contributed by atoms with van der Waals surface area (Å²) in [5.74, 6) is -2.28. The van der Waals surface area contributed by atoms with Crippen LogP contribution in [0.15, 0.2) is 72.8 Å². The monoisotopic (exact) mass is 682 g/mol. The minimum Gasteiger partial charge on any atom is -0.490 e. The third-order valence-corrected chi connectivity index (χ3v) is 9.82. The molecular formula is C38H36F2N4O6. The summed E-state index contributed by atoms with van der Waals surface area (Å²) in [6.07, 6.45) is 3.00. The van der Waals surface area contributed by atoms with Crippen LogP contribution in [-0.4, -0.2) is 53.2 Å². The van der Waals surface area contributed by atoms with Crippen LogP contribution < -0.4 is 20.1 Å². The molecule has 0 bridgehead atoms. The Balaban J connectivity index is 0.960. The van der Waals surface area contributed by atoms with E-state index in [-0.39, 0.29) is 47.4 Å². The third kappa shape index (κ3) is 6.93. The zero-order chi connectivity index (χ0) is 34.8. The maximum Gasteiger partial charge on any atom is 0.238 e. The van der Waals surface area contributed by atoms with Gasteiger partial charge in [0.05, 0.1) is 5.92 Å². The average molecular weight is 683 g/mol. The number of aromatic nitrogens is 2. The second kappa shape index (κ2) is 13.9. The van der Waals surface area contributed by atoms with Gasteiger partial charge in [0.25, 0.3) is 0 Å². The number of benzene rings is 3. The number of hydrogen-bond donors (Lipinski definition) is 2. The molecule has 2 amide bonds. The van der Waals surface area contributed by atoms with Crippen molar-refractivity contribution in [3.8, 4) is 17.4 Å². The fourth-order valence-electron chi connectivity index (χ4n) is 7.02. The van der Waals surface area contributed by atoms with E-state index in [0.29, 0.717) is 43.4 Å². The summed E-state index contributed by atoms with van der Waals surface area (Å²) in [6, 6.07) is 21.7. The summed E-state index contributed by atoms with van der Waals surface area (Å²) in [4.78, 5) is 35.1. The Morgan fingerprint density at radius 2 is 1.54 bits per heavy atom. The molecule has 3 aliphatic rings. The highest BCUT2D eigenvalue weighted by atomic mass is 19.1. The van der Waals surface area contributed by atoms with Gasteiger partial charge in [-0.25, -0.2) is 8.78 Å². The van der Waals surface area contributed by atoms with Crippen LogP contribution in [0.5, 0.6) is 17.4 Å². The van der Waals surface area contributed by atoms with Crippen molar-refractivity contribution >= 4 is 23.3 Å². The largest absolute Gasteiger partial charge is 0.490 e. The zero-order valence-corrected chi connectivity index (χ0v) is 27.4. The predicted octanol–water partition coefficient (Wildman–Crippen LogP) is 6.39. The first-order chi connectivity index (χ1) is 24.2. The van der Waals surface area contributed by atoms with E-state index in [9.17, 15) is 23.2 Å². The van der Waals surface area contributed by atoms with Gasteiger partial charge in [0.1, 0.15) is 34.9 Å². The number of imide groups is 1. The molecule has 7 rings (SSSR count). The molecule has 10 nitrogen and oxygen atoms in total. The van der Waals surface area contributed by atoms with Crippen molar-refractivity contribution < 1.29 is 37.4 Å². The van der Waals surface area contributed by atoms with Crippen molar-refractivity contribution in [2.45, 2.75) is 68.9 Å². The van der Waals surface area contributed by atoms with Gasteiger partial charge in [-0.1, -0.05) is 24.3 Å². The van der Waals surface area contributed by atoms with Gasteiger partial charge in [0, 0.05) is 68.2 Å². The topological polar surface area (TPSA) is 129 Å². The van der Waals surface area contributed by atoms with Crippen LogP contribution in [0.3, 0.4) is 0 Å². The lowest BCUT2D eigenvalue weighted by atomic mass is 9.69. The van der Waals surface area contributed by atoms with E-state index in [2.05, 4.69) is 45.1 Å². The van der Waals surface area contributed by atoms with E-state index in [1.54, 1.807) is 12.1 Å². The minimum absolute atomic E-state index is 0.0241. The van der Waals surface area contributed by atoms with Crippen molar-refractivity contribution in [2.75, 3.05) is 18.5 Å². The first-order valence-electron chi connectivity index (χ1n) is 16.7. The van der Waals surface area contributed by atoms with E-state index in [4.69, 9.17) is 14.2 Å². The highest BCUT2D eigenvalue weighted by molar-refractivity contribution is 6.01. The number of nitrogens with zero attached hydrogens (tertiary/aromatic N) is 2. The summed E-state index contributed by atoms with van der Waals surface area (Å²) < 4.78 is 47.7. The number of Topliss-reactive ketones (excluding diaryl/α,β-unsaturated/α-hetero) is 1. The molecule has 1 atom stereocenters. The number of hydrogen-bond acceptors (Lipinski definition) is 9. The Kier molecular flexibility index (Phi) is 9.28. The van der Waals surface area contributed by atoms with Crippen LogP contribution >= 0.6 is 0 Å². The number of carbonyl (C=O) groups is 3. The molecule has 12 heteroatoms. The van der Waals surface area contributed by atoms with E-state index >= 15 is 0 Å². The molecular weight excluding hydrogens is 646 g/mol. The molecule has 1 saturated carbocycles. The molecule has 258 valence electrons. The Hall–Kier alpha value is -5.23. The maximum atomic E-state index is 14.9. The molecule has 1 aromatic heterocycles. The number of nitrogens with one attached hydrogen (secondary N) is 2. The first kappa shape index (κ1) is 33.3. The van der Waals surface area contributed by atoms with Crippen molar-refractivity contribution in [1.29, 1.82) is 0 Å². The van der Waals surface area contributed by atoms with Gasteiger partial charge >= 0.3 is 0 Å². The number of piperidine rings is 1. The number of ether oxygens (including phenoxy) is 3. The van der Waals surface area contributed by atoms with Crippen molar-refractivity contribution in [3.63, 3.8) is 0 Å². The normalized spacial score (nSPS) is 21.5. The van der Waals surface area contributed by atoms with Gasteiger partial charge < -0.3 is 19.5 Å². The molecule has 1 aliphatic carbocycles. The number of amides is 2. The highest BCUT2D eigenvalue weighted by Crippen LogP contribution is 2.43. The second-order valence-electron chi connectivity index (χ2n) is 13.1. The molecule has 4 aromatic rings. The molecule has 3 fully saturated rings. The molecule has 2 saturated heterocycles. The van der Waals surface area contributed by atoms with E-state index in [1.807, 2.05) is 24.3 Å². The summed E-state index contributed by atoms with van der Waals surface area (Å²) in [6.45, 7) is 2.71. The standard InChI is InChI=1S/C38H36F2N4O6/c1-22(45)33-11-13-35(44-43-33)50-28-8-4-24(5-9-28)38(14-16-48-17-15-38)23-2-6-27(7-3-23)49-29-18-25(19-29)41-26-20-31(39)36(32(40)21-26)30-10-12-34(46)42-37(30)47/h2-9,11,13,20-21,25,29-30,41H,10,12,14-19H2,1H3,(H,42,46,47). The van der Waals surface area contributed by atoms with Crippen LogP contribution in [0, 0.1) is 11.6 Å². The minimum atomic E-state index is -1.03. The van der Waals surface area contributed by atoms with E-state index in [0.717, 1.165) is 29.7 Å². The first-order valence-corrected chi connectivity index (χ1v) is 16.7. The van der Waals surface area contributed by atoms with Gasteiger partial charge in [0.15, 0.2) is 5.78 Å². The van der Waals surface area contributed by atoms with Gasteiger partial charge in [0.2, 0.25) is 17.7 Å². The lowest BCUT2D eigenvalue weighted by molar-refractivity contribution is -0.134.